The van der Waals surface area contributed by atoms with Crippen LogP contribution < -0.4 is 15.5 Å². The molecular weight excluding hydrogens is 737 g/mol. The molecule has 1 fully saturated rings. The van der Waals surface area contributed by atoms with Crippen molar-refractivity contribution < 1.29 is 13.8 Å². The molecule has 3 aromatic heterocycles. The zero-order chi connectivity index (χ0) is 39.7. The topological polar surface area (TPSA) is 127 Å². The van der Waals surface area contributed by atoms with Crippen LogP contribution in [0.25, 0.3) is 56.8 Å². The number of ether oxygens (including phenoxy) is 1. The highest BCUT2D eigenvalue weighted by atomic mass is 16.5. The van der Waals surface area contributed by atoms with Gasteiger partial charge in [0.05, 0.1) is 12.2 Å². The smallest absolute Gasteiger partial charge is 0.259 e. The second kappa shape index (κ2) is 16.3. The van der Waals surface area contributed by atoms with Crippen LogP contribution >= 0.6 is 0 Å². The standard InChI is InChI=1S/C48H48N8O3/c1-30-6-5-21-56(30)46-36(24-40(28-51-46)48-53-45(55-59-48)35-13-10-32-18-20-50-27-39(32)23-35)14-11-33-7-3-4-8-42(33)43-16-15-37(25-41(43)29-57-2)47-52-44(54-58-47)34-12-9-31-17-19-49-26-38(31)22-34/h3-4,7-10,12-13,15-16,22-25,28,30,49-50H,5-6,11,14,17-21,26-27,29H2,1-2H3/t30-/m1/s1. The molecule has 6 heterocycles. The predicted octanol–water partition coefficient (Wildman–Crippen LogP) is 8.39. The van der Waals surface area contributed by atoms with Crippen molar-refractivity contribution in [2.75, 3.05) is 31.6 Å². The van der Waals surface area contributed by atoms with Gasteiger partial charge in [-0.25, -0.2) is 4.98 Å². The number of benzene rings is 4. The Bertz CT molecular complexity index is 2630. The van der Waals surface area contributed by atoms with Crippen LogP contribution in [-0.4, -0.2) is 58.1 Å². The summed E-state index contributed by atoms with van der Waals surface area (Å²) in [6.07, 6.45) is 7.87. The van der Waals surface area contributed by atoms with Crippen LogP contribution in [0.4, 0.5) is 5.82 Å². The number of anilines is 1. The minimum Gasteiger partial charge on any atom is -0.380 e. The summed E-state index contributed by atoms with van der Waals surface area (Å²) in [5, 5.41) is 15.7. The molecule has 0 amide bonds. The highest BCUT2D eigenvalue weighted by Gasteiger charge is 2.26. The number of aromatic nitrogens is 5. The number of nitrogens with zero attached hydrogens (tertiary/aromatic N) is 6. The average molecular weight is 785 g/mol. The number of aryl methyl sites for hydroxylation is 2. The molecule has 3 aliphatic heterocycles. The lowest BCUT2D eigenvalue weighted by Crippen LogP contribution is -2.28. The minimum atomic E-state index is 0.424. The van der Waals surface area contributed by atoms with Crippen LogP contribution in [0.2, 0.25) is 0 Å². The number of hydrogen-bond donors (Lipinski definition) is 2. The van der Waals surface area contributed by atoms with E-state index in [1.165, 1.54) is 38.9 Å². The van der Waals surface area contributed by atoms with Crippen molar-refractivity contribution in [1.29, 1.82) is 0 Å². The van der Waals surface area contributed by atoms with Gasteiger partial charge in [0.15, 0.2) is 0 Å². The zero-order valence-electron chi connectivity index (χ0n) is 33.6. The number of methoxy groups -OCH3 is 1. The maximum absolute atomic E-state index is 5.89. The van der Waals surface area contributed by atoms with E-state index in [1.807, 2.05) is 6.20 Å². The predicted molar refractivity (Wildman–Crippen MR) is 229 cm³/mol. The van der Waals surface area contributed by atoms with Gasteiger partial charge in [0, 0.05) is 55.7 Å². The second-order valence-corrected chi connectivity index (χ2v) is 16.0. The van der Waals surface area contributed by atoms with Gasteiger partial charge in [0.2, 0.25) is 11.6 Å². The van der Waals surface area contributed by atoms with E-state index in [9.17, 15) is 0 Å². The zero-order valence-corrected chi connectivity index (χ0v) is 33.6. The van der Waals surface area contributed by atoms with Crippen LogP contribution in [-0.2, 0) is 50.1 Å². The van der Waals surface area contributed by atoms with Crippen LogP contribution in [0.1, 0.15) is 58.7 Å². The quantitative estimate of drug-likeness (QED) is 0.131. The Kier molecular flexibility index (Phi) is 10.3. The van der Waals surface area contributed by atoms with E-state index in [1.54, 1.807) is 7.11 Å². The Morgan fingerprint density at radius 2 is 1.31 bits per heavy atom. The fourth-order valence-corrected chi connectivity index (χ4v) is 9.00. The molecule has 10 rings (SSSR count). The Labute approximate surface area is 344 Å². The highest BCUT2D eigenvalue weighted by molar-refractivity contribution is 5.74. The Hall–Kier alpha value is -6.01. The van der Waals surface area contributed by atoms with Gasteiger partial charge < -0.3 is 29.3 Å². The van der Waals surface area contributed by atoms with Gasteiger partial charge in [0.1, 0.15) is 5.82 Å². The molecule has 4 aromatic carbocycles. The third-order valence-corrected chi connectivity index (χ3v) is 12.2. The van der Waals surface area contributed by atoms with E-state index in [-0.39, 0.29) is 0 Å². The molecule has 298 valence electrons. The van der Waals surface area contributed by atoms with Gasteiger partial charge in [-0.05, 0) is 139 Å². The Morgan fingerprint density at radius 1 is 0.678 bits per heavy atom. The number of hydrogen-bond acceptors (Lipinski definition) is 11. The third-order valence-electron chi connectivity index (χ3n) is 12.2. The van der Waals surface area contributed by atoms with Crippen molar-refractivity contribution in [1.82, 2.24) is 35.9 Å². The maximum Gasteiger partial charge on any atom is 0.259 e. The van der Waals surface area contributed by atoms with Crippen molar-refractivity contribution in [2.24, 2.45) is 0 Å². The third kappa shape index (κ3) is 7.57. The molecular formula is C48H48N8O3. The van der Waals surface area contributed by atoms with Crippen LogP contribution in [0.3, 0.4) is 0 Å². The summed E-state index contributed by atoms with van der Waals surface area (Å²) in [7, 11) is 1.73. The Morgan fingerprint density at radius 3 is 1.98 bits per heavy atom. The summed E-state index contributed by atoms with van der Waals surface area (Å²) in [5.41, 5.74) is 14.7. The first kappa shape index (κ1) is 37.3. The van der Waals surface area contributed by atoms with Crippen molar-refractivity contribution in [3.63, 3.8) is 0 Å². The molecule has 3 aliphatic rings. The molecule has 2 N–H and O–H groups in total. The summed E-state index contributed by atoms with van der Waals surface area (Å²) in [6.45, 7) is 7.45. The molecule has 11 heteroatoms. The summed E-state index contributed by atoms with van der Waals surface area (Å²) in [5.74, 6) is 3.17. The Balaban J connectivity index is 0.929. The van der Waals surface area contributed by atoms with Gasteiger partial charge in [-0.1, -0.05) is 64.9 Å². The number of pyridine rings is 1. The molecule has 11 nitrogen and oxygen atoms in total. The number of fused-ring (bicyclic) bond motifs is 2. The molecule has 0 aliphatic carbocycles. The molecule has 1 saturated heterocycles. The summed E-state index contributed by atoms with van der Waals surface area (Å²) < 4.78 is 17.5. The lowest BCUT2D eigenvalue weighted by molar-refractivity contribution is 0.185. The lowest BCUT2D eigenvalue weighted by Gasteiger charge is -2.25. The maximum atomic E-state index is 5.89. The molecule has 0 unspecified atom stereocenters. The van der Waals surface area contributed by atoms with Gasteiger partial charge in [-0.2, -0.15) is 9.97 Å². The SMILES string of the molecule is COCc1cc(-c2nc(-c3ccc4c(c3)CNCC4)no2)ccc1-c1ccccc1CCc1cc(-c2nc(-c3ccc4c(c3)CNCC4)no2)cnc1N1CCC[C@H]1C. The van der Waals surface area contributed by atoms with E-state index in [4.69, 9.17) is 28.7 Å². The summed E-state index contributed by atoms with van der Waals surface area (Å²) >= 11 is 0. The normalized spacial score (nSPS) is 16.3. The van der Waals surface area contributed by atoms with Crippen molar-refractivity contribution in [2.45, 2.75) is 71.2 Å². The molecule has 0 spiro atoms. The molecule has 1 atom stereocenters. The fourth-order valence-electron chi connectivity index (χ4n) is 9.00. The van der Waals surface area contributed by atoms with Gasteiger partial charge in [-0.15, -0.1) is 0 Å². The highest BCUT2D eigenvalue weighted by Crippen LogP contribution is 2.35. The average Bonchev–Trinajstić information content (AvgIpc) is 4.08. The first-order valence-electron chi connectivity index (χ1n) is 20.9. The number of rotatable bonds is 11. The number of nitrogens with one attached hydrogen (secondary N) is 2. The van der Waals surface area contributed by atoms with Gasteiger partial charge in [-0.3, -0.25) is 0 Å². The van der Waals surface area contributed by atoms with Crippen molar-refractivity contribution >= 4 is 5.82 Å². The van der Waals surface area contributed by atoms with Crippen LogP contribution in [0.5, 0.6) is 0 Å². The first-order valence-corrected chi connectivity index (χ1v) is 20.9. The van der Waals surface area contributed by atoms with E-state index in [2.05, 4.69) is 118 Å². The van der Waals surface area contributed by atoms with Crippen LogP contribution in [0, 0.1) is 0 Å². The van der Waals surface area contributed by atoms with Crippen molar-refractivity contribution in [3.05, 3.63) is 130 Å². The summed E-state index contributed by atoms with van der Waals surface area (Å²) in [4.78, 5) is 17.2. The lowest BCUT2D eigenvalue weighted by atomic mass is 9.91. The van der Waals surface area contributed by atoms with E-state index >= 15 is 0 Å². The van der Waals surface area contributed by atoms with E-state index in [0.717, 1.165) is 110 Å². The molecule has 0 bridgehead atoms. The molecule has 0 radical (unpaired) electrons. The van der Waals surface area contributed by atoms with Gasteiger partial charge >= 0.3 is 0 Å². The fraction of sp³-hybridized carbons (Fsp3) is 0.312. The molecule has 0 saturated carbocycles. The van der Waals surface area contributed by atoms with Crippen molar-refractivity contribution in [3.8, 4) is 56.8 Å². The second-order valence-electron chi connectivity index (χ2n) is 16.0. The monoisotopic (exact) mass is 784 g/mol. The first-order chi connectivity index (χ1) is 29.1. The minimum absolute atomic E-state index is 0.424. The van der Waals surface area contributed by atoms with E-state index in [0.29, 0.717) is 36.1 Å². The summed E-state index contributed by atoms with van der Waals surface area (Å²) in [6, 6.07) is 30.5. The molecule has 7 aromatic rings. The van der Waals surface area contributed by atoms with E-state index < -0.39 is 0 Å². The van der Waals surface area contributed by atoms with Crippen LogP contribution in [0.15, 0.2) is 100 Å². The van der Waals surface area contributed by atoms with Gasteiger partial charge in [0.25, 0.3) is 11.8 Å². The molecule has 59 heavy (non-hydrogen) atoms. The largest absolute Gasteiger partial charge is 0.380 e.